The van der Waals surface area contributed by atoms with Gasteiger partial charge in [0.1, 0.15) is 0 Å². The highest BCUT2D eigenvalue weighted by atomic mass is 32.1. The lowest BCUT2D eigenvalue weighted by Gasteiger charge is -2.24. The Morgan fingerprint density at radius 2 is 0.853 bits per heavy atom. The molecule has 2 aliphatic heterocycles. The second kappa shape index (κ2) is 6.89. The highest BCUT2D eigenvalue weighted by Gasteiger charge is 2.26. The standard InChI is InChI=1S/C32H18S2/c1-3-9-19(10-4-1)23-17-21-13-7-16-26-27(21)29-30-28-22(14-8-15-25(28)33-31(23)29)18-24(32(30)34-26)20-11-5-2-6-12-20/h1-18H. The normalized spacial score (nSPS) is 12.1. The maximum Gasteiger partial charge on any atom is 0.0441 e. The van der Waals surface area contributed by atoms with Gasteiger partial charge in [0.05, 0.1) is 0 Å². The average Bonchev–Trinajstić information content (AvgIpc) is 2.90. The molecule has 2 heterocycles. The van der Waals surface area contributed by atoms with Crippen LogP contribution in [0.5, 0.6) is 0 Å². The number of benzene rings is 6. The molecule has 0 bridgehead atoms. The van der Waals surface area contributed by atoms with Crippen molar-refractivity contribution >= 4 is 63.0 Å². The van der Waals surface area contributed by atoms with Crippen LogP contribution in [0.1, 0.15) is 0 Å². The molecule has 0 N–H and O–H groups in total. The molecule has 2 aliphatic rings. The second-order valence-electron chi connectivity index (χ2n) is 8.90. The molecule has 2 heteroatoms. The minimum Gasteiger partial charge on any atom is -0.134 e. The van der Waals surface area contributed by atoms with Gasteiger partial charge in [0.25, 0.3) is 0 Å². The summed E-state index contributed by atoms with van der Waals surface area (Å²) in [5.41, 5.74) is 8.07. The third-order valence-corrected chi connectivity index (χ3v) is 9.38. The first-order valence-corrected chi connectivity index (χ1v) is 13.2. The van der Waals surface area contributed by atoms with Gasteiger partial charge in [0.2, 0.25) is 0 Å². The van der Waals surface area contributed by atoms with Gasteiger partial charge < -0.3 is 0 Å². The fourth-order valence-corrected chi connectivity index (χ4v) is 8.12. The summed E-state index contributed by atoms with van der Waals surface area (Å²) in [6.07, 6.45) is 0. The Labute approximate surface area is 205 Å². The van der Waals surface area contributed by atoms with Crippen LogP contribution in [0.25, 0.3) is 73.7 Å². The summed E-state index contributed by atoms with van der Waals surface area (Å²) >= 11 is 3.88. The fraction of sp³-hybridized carbons (Fsp3) is 0. The predicted molar refractivity (Wildman–Crippen MR) is 151 cm³/mol. The van der Waals surface area contributed by atoms with Crippen LogP contribution >= 0.6 is 22.7 Å². The van der Waals surface area contributed by atoms with Crippen LogP contribution in [-0.2, 0) is 0 Å². The lowest BCUT2D eigenvalue weighted by Crippen LogP contribution is -1.95. The Hall–Kier alpha value is -3.72. The summed E-state index contributed by atoms with van der Waals surface area (Å²) in [5.74, 6) is 0. The summed E-state index contributed by atoms with van der Waals surface area (Å²) in [6, 6.07) is 40.1. The fourth-order valence-electron chi connectivity index (χ4n) is 5.55. The molecule has 6 aromatic rings. The zero-order chi connectivity index (χ0) is 22.2. The first-order chi connectivity index (χ1) is 16.9. The molecular weight excluding hydrogens is 448 g/mol. The Bertz CT molecular complexity index is 1790. The van der Waals surface area contributed by atoms with Crippen molar-refractivity contribution in [1.29, 1.82) is 0 Å². The molecule has 8 rings (SSSR count). The monoisotopic (exact) mass is 466 g/mol. The van der Waals surface area contributed by atoms with Crippen molar-refractivity contribution < 1.29 is 0 Å². The zero-order valence-electron chi connectivity index (χ0n) is 18.2. The Balaban J connectivity index is 1.67. The summed E-state index contributed by atoms with van der Waals surface area (Å²) in [6.45, 7) is 0. The first kappa shape index (κ1) is 18.7. The van der Waals surface area contributed by atoms with Crippen LogP contribution in [0.3, 0.4) is 0 Å². The van der Waals surface area contributed by atoms with Gasteiger partial charge in [-0.05, 0) is 46.2 Å². The summed E-state index contributed by atoms with van der Waals surface area (Å²) in [4.78, 5) is 0. The van der Waals surface area contributed by atoms with Gasteiger partial charge in [-0.1, -0.05) is 84.9 Å². The molecule has 0 amide bonds. The Morgan fingerprint density at radius 1 is 0.412 bits per heavy atom. The van der Waals surface area contributed by atoms with Gasteiger partial charge >= 0.3 is 0 Å². The van der Waals surface area contributed by atoms with E-state index in [9.17, 15) is 0 Å². The van der Waals surface area contributed by atoms with Crippen LogP contribution in [0.4, 0.5) is 0 Å². The molecular formula is C32H18S2. The Morgan fingerprint density at radius 3 is 1.29 bits per heavy atom. The molecule has 34 heavy (non-hydrogen) atoms. The third kappa shape index (κ3) is 2.47. The predicted octanol–water partition coefficient (Wildman–Crippen LogP) is 10.3. The van der Waals surface area contributed by atoms with E-state index in [2.05, 4.69) is 109 Å². The minimum absolute atomic E-state index is 1.28. The molecule has 158 valence electrons. The van der Waals surface area contributed by atoms with Crippen molar-refractivity contribution in [1.82, 2.24) is 0 Å². The Kier molecular flexibility index (Phi) is 3.79. The largest absolute Gasteiger partial charge is 0.134 e. The van der Waals surface area contributed by atoms with Crippen molar-refractivity contribution in [3.05, 3.63) is 109 Å². The van der Waals surface area contributed by atoms with Crippen molar-refractivity contribution in [3.8, 4) is 33.4 Å². The van der Waals surface area contributed by atoms with Crippen molar-refractivity contribution in [2.24, 2.45) is 0 Å². The number of rotatable bonds is 2. The zero-order valence-corrected chi connectivity index (χ0v) is 19.8. The quantitative estimate of drug-likeness (QED) is 0.176. The van der Waals surface area contributed by atoms with Gasteiger partial charge in [0, 0.05) is 51.8 Å². The van der Waals surface area contributed by atoms with Gasteiger partial charge in [-0.15, -0.1) is 22.7 Å². The van der Waals surface area contributed by atoms with E-state index < -0.39 is 0 Å². The summed E-state index contributed by atoms with van der Waals surface area (Å²) in [7, 11) is 0. The topological polar surface area (TPSA) is 0 Å². The van der Waals surface area contributed by atoms with Gasteiger partial charge in [0.15, 0.2) is 0 Å². The van der Waals surface area contributed by atoms with E-state index in [1.165, 1.54) is 73.7 Å². The third-order valence-electron chi connectivity index (χ3n) is 7.00. The molecule has 0 atom stereocenters. The highest BCUT2D eigenvalue weighted by Crippen LogP contribution is 2.55. The molecule has 0 nitrogen and oxygen atoms in total. The van der Waals surface area contributed by atoms with Crippen LogP contribution < -0.4 is 0 Å². The lowest BCUT2D eigenvalue weighted by molar-refractivity contribution is 1.67. The molecule has 0 saturated carbocycles. The van der Waals surface area contributed by atoms with E-state index in [0.29, 0.717) is 0 Å². The molecule has 0 aliphatic carbocycles. The molecule has 0 aromatic heterocycles. The van der Waals surface area contributed by atoms with Gasteiger partial charge in [-0.2, -0.15) is 0 Å². The van der Waals surface area contributed by atoms with Crippen molar-refractivity contribution in [3.63, 3.8) is 0 Å². The minimum atomic E-state index is 1.28. The van der Waals surface area contributed by atoms with E-state index in [0.717, 1.165) is 0 Å². The van der Waals surface area contributed by atoms with E-state index in [4.69, 9.17) is 0 Å². The average molecular weight is 467 g/mol. The van der Waals surface area contributed by atoms with Crippen LogP contribution in [0, 0.1) is 0 Å². The first-order valence-electron chi connectivity index (χ1n) is 11.5. The number of hydrogen-bond acceptors (Lipinski definition) is 2. The van der Waals surface area contributed by atoms with Gasteiger partial charge in [-0.3, -0.25) is 0 Å². The van der Waals surface area contributed by atoms with Crippen molar-refractivity contribution in [2.75, 3.05) is 0 Å². The van der Waals surface area contributed by atoms with Crippen LogP contribution in [-0.4, -0.2) is 0 Å². The smallest absolute Gasteiger partial charge is 0.0441 e. The van der Waals surface area contributed by atoms with E-state index in [1.807, 2.05) is 22.7 Å². The van der Waals surface area contributed by atoms with E-state index >= 15 is 0 Å². The summed E-state index contributed by atoms with van der Waals surface area (Å²) in [5, 5.41) is 5.46. The molecule has 6 aromatic carbocycles. The molecule has 0 fully saturated rings. The van der Waals surface area contributed by atoms with E-state index in [-0.39, 0.29) is 0 Å². The summed E-state index contributed by atoms with van der Waals surface area (Å²) < 4.78 is 5.49. The second-order valence-corrected chi connectivity index (χ2v) is 11.0. The molecule has 0 saturated heterocycles. The highest BCUT2D eigenvalue weighted by molar-refractivity contribution is 7.27. The maximum absolute atomic E-state index is 2.40. The van der Waals surface area contributed by atoms with Crippen LogP contribution in [0.15, 0.2) is 109 Å². The number of hydrogen-bond donors (Lipinski definition) is 0. The van der Waals surface area contributed by atoms with Crippen LogP contribution in [0.2, 0.25) is 0 Å². The van der Waals surface area contributed by atoms with E-state index in [1.54, 1.807) is 0 Å². The maximum atomic E-state index is 2.40. The van der Waals surface area contributed by atoms with Crippen molar-refractivity contribution in [2.45, 2.75) is 0 Å². The van der Waals surface area contributed by atoms with Gasteiger partial charge in [-0.25, -0.2) is 0 Å². The molecule has 0 unspecified atom stereocenters. The molecule has 0 spiro atoms. The SMILES string of the molecule is c1ccc(-c2cc3cccc4sc5c(-c6ccccc6)cc6cccc7sc2c(c34)-c5c67)cc1. The molecule has 0 radical (unpaired) electrons. The lowest BCUT2D eigenvalue weighted by atomic mass is 9.87.